The molecule has 4 N–H and O–H groups in total. The number of nitrogens with two attached hydrogens (primary N) is 1. The average molecular weight is 510 g/mol. The minimum atomic E-state index is -4.13. The van der Waals surface area contributed by atoms with E-state index in [9.17, 15) is 17.2 Å². The predicted octanol–water partition coefficient (Wildman–Crippen LogP) is 4.75. The number of H-pyrrole nitrogens is 1. The van der Waals surface area contributed by atoms with Gasteiger partial charge in [-0.2, -0.15) is 0 Å². The summed E-state index contributed by atoms with van der Waals surface area (Å²) in [6.07, 6.45) is 7.90. The minimum Gasteiger partial charge on any atom is -0.383 e. The number of aromatic amines is 1. The maximum atomic E-state index is 13.6. The van der Waals surface area contributed by atoms with Crippen molar-refractivity contribution in [2.24, 2.45) is 0 Å². The Bertz CT molecular complexity index is 1740. The third-order valence-corrected chi connectivity index (χ3v) is 7.93. The van der Waals surface area contributed by atoms with E-state index in [0.29, 0.717) is 40.2 Å². The van der Waals surface area contributed by atoms with E-state index in [1.807, 2.05) is 6.20 Å². The second-order valence-electron chi connectivity index (χ2n) is 8.84. The summed E-state index contributed by atoms with van der Waals surface area (Å²) < 4.78 is 56.7. The van der Waals surface area contributed by atoms with Crippen LogP contribution in [-0.2, 0) is 10.0 Å². The van der Waals surface area contributed by atoms with Crippen LogP contribution in [0.15, 0.2) is 53.8 Å². The lowest BCUT2D eigenvalue weighted by atomic mass is 10.2. The third kappa shape index (κ3) is 3.73. The Hall–Kier alpha value is -4.06. The van der Waals surface area contributed by atoms with Crippen LogP contribution in [0.1, 0.15) is 31.7 Å². The van der Waals surface area contributed by atoms with Crippen LogP contribution in [0.3, 0.4) is 0 Å². The minimum absolute atomic E-state index is 0.235. The number of aromatic nitrogens is 5. The largest absolute Gasteiger partial charge is 0.383 e. The molecular weight excluding hydrogens is 488 g/mol. The molecule has 3 aromatic heterocycles. The Morgan fingerprint density at radius 1 is 1.06 bits per heavy atom. The van der Waals surface area contributed by atoms with E-state index in [0.717, 1.165) is 49.0 Å². The second kappa shape index (κ2) is 8.26. The monoisotopic (exact) mass is 509 g/mol. The van der Waals surface area contributed by atoms with Crippen LogP contribution >= 0.6 is 0 Å². The molecule has 36 heavy (non-hydrogen) atoms. The van der Waals surface area contributed by atoms with E-state index >= 15 is 0 Å². The predicted molar refractivity (Wildman–Crippen MR) is 132 cm³/mol. The van der Waals surface area contributed by atoms with Crippen LogP contribution < -0.4 is 10.5 Å². The summed E-state index contributed by atoms with van der Waals surface area (Å²) in [4.78, 5) is 16.2. The number of nitrogens with zero attached hydrogens (tertiary/aromatic N) is 4. The smallest absolute Gasteiger partial charge is 0.262 e. The van der Waals surface area contributed by atoms with Crippen molar-refractivity contribution < 1.29 is 17.2 Å². The number of halogens is 2. The standard InChI is InChI=1S/C24H21F2N7O2S/c25-17-7-6-15(10-18(17)26)36(34,35)32-13-5-8-19-20(9-13)31-23(30-19)16-11-33(14-3-1-2-4-14)24-21(16)22(27)28-12-29-24/h5-12,14,32H,1-4H2,(H,30,31)(H2,27,28,29). The van der Waals surface area contributed by atoms with Gasteiger partial charge in [0, 0.05) is 17.8 Å². The first kappa shape index (κ1) is 22.4. The molecule has 0 radical (unpaired) electrons. The van der Waals surface area contributed by atoms with E-state index in [-0.39, 0.29) is 10.6 Å². The zero-order valence-electron chi connectivity index (χ0n) is 18.9. The Labute approximate surface area is 204 Å². The highest BCUT2D eigenvalue weighted by Gasteiger charge is 2.24. The molecule has 184 valence electrons. The highest BCUT2D eigenvalue weighted by atomic mass is 32.2. The van der Waals surface area contributed by atoms with Gasteiger partial charge in [0.05, 0.1) is 27.0 Å². The summed E-state index contributed by atoms with van der Waals surface area (Å²) in [5.74, 6) is -1.46. The highest BCUT2D eigenvalue weighted by molar-refractivity contribution is 7.92. The maximum Gasteiger partial charge on any atom is 0.262 e. The van der Waals surface area contributed by atoms with Gasteiger partial charge in [0.25, 0.3) is 10.0 Å². The molecule has 0 saturated heterocycles. The summed E-state index contributed by atoms with van der Waals surface area (Å²) in [6.45, 7) is 0. The van der Waals surface area contributed by atoms with Crippen molar-refractivity contribution in [3.8, 4) is 11.4 Å². The van der Waals surface area contributed by atoms with Gasteiger partial charge in [-0.3, -0.25) is 4.72 Å². The first-order valence-electron chi connectivity index (χ1n) is 11.4. The molecule has 9 nitrogen and oxygen atoms in total. The molecule has 1 aliphatic rings. The summed E-state index contributed by atoms with van der Waals surface area (Å²) in [6, 6.07) is 7.53. The van der Waals surface area contributed by atoms with Crippen LogP contribution in [-0.4, -0.2) is 32.9 Å². The van der Waals surface area contributed by atoms with Gasteiger partial charge in [-0.25, -0.2) is 32.2 Å². The molecule has 12 heteroatoms. The Kier molecular flexibility index (Phi) is 5.14. The lowest BCUT2D eigenvalue weighted by molar-refractivity contribution is 0.504. The van der Waals surface area contributed by atoms with Gasteiger partial charge in [0.15, 0.2) is 11.6 Å². The number of hydrogen-bond acceptors (Lipinski definition) is 6. The average Bonchev–Trinajstić information content (AvgIpc) is 3.58. The molecular formula is C24H21F2N7O2S. The van der Waals surface area contributed by atoms with Crippen LogP contribution in [0.25, 0.3) is 33.5 Å². The van der Waals surface area contributed by atoms with Gasteiger partial charge in [-0.05, 0) is 49.2 Å². The molecule has 0 unspecified atom stereocenters. The molecule has 3 heterocycles. The van der Waals surface area contributed by atoms with E-state index in [1.165, 1.54) is 6.33 Å². The van der Waals surface area contributed by atoms with E-state index in [2.05, 4.69) is 29.2 Å². The summed E-state index contributed by atoms with van der Waals surface area (Å²) >= 11 is 0. The quantitative estimate of drug-likeness (QED) is 0.313. The van der Waals surface area contributed by atoms with Gasteiger partial charge in [0.1, 0.15) is 23.6 Å². The lowest BCUT2D eigenvalue weighted by Crippen LogP contribution is -2.13. The van der Waals surface area contributed by atoms with E-state index in [4.69, 9.17) is 5.73 Å². The molecule has 5 aromatic rings. The van der Waals surface area contributed by atoms with E-state index in [1.54, 1.807) is 18.2 Å². The molecule has 0 spiro atoms. The number of imidazole rings is 1. The third-order valence-electron chi connectivity index (χ3n) is 6.55. The number of rotatable bonds is 5. The molecule has 6 rings (SSSR count). The second-order valence-corrected chi connectivity index (χ2v) is 10.5. The van der Waals surface area contributed by atoms with Gasteiger partial charge >= 0.3 is 0 Å². The first-order chi connectivity index (χ1) is 17.3. The fourth-order valence-electron chi connectivity index (χ4n) is 4.81. The Balaban J connectivity index is 1.39. The van der Waals surface area contributed by atoms with Gasteiger partial charge in [-0.1, -0.05) is 12.8 Å². The van der Waals surface area contributed by atoms with Crippen molar-refractivity contribution in [2.75, 3.05) is 10.5 Å². The van der Waals surface area contributed by atoms with E-state index < -0.39 is 21.7 Å². The van der Waals surface area contributed by atoms with Crippen molar-refractivity contribution in [2.45, 2.75) is 36.6 Å². The fraction of sp³-hybridized carbons (Fsp3) is 0.208. The molecule has 1 aliphatic carbocycles. The summed E-state index contributed by atoms with van der Waals surface area (Å²) in [5.41, 5.74) is 9.17. The SMILES string of the molecule is Nc1ncnc2c1c(-c1nc3ccc(NS(=O)(=O)c4ccc(F)c(F)c4)cc3[nH]1)cn2C1CCCC1. The van der Waals surface area contributed by atoms with Crippen LogP contribution in [0.2, 0.25) is 0 Å². The zero-order valence-corrected chi connectivity index (χ0v) is 19.7. The number of hydrogen-bond donors (Lipinski definition) is 3. The van der Waals surface area contributed by atoms with Gasteiger partial charge < -0.3 is 15.3 Å². The summed E-state index contributed by atoms with van der Waals surface area (Å²) in [7, 11) is -4.13. The molecule has 0 aliphatic heterocycles. The number of fused-ring (bicyclic) bond motifs is 2. The zero-order chi connectivity index (χ0) is 25.0. The molecule has 1 fully saturated rings. The molecule has 2 aromatic carbocycles. The lowest BCUT2D eigenvalue weighted by Gasteiger charge is -2.12. The highest BCUT2D eigenvalue weighted by Crippen LogP contribution is 2.38. The first-order valence-corrected chi connectivity index (χ1v) is 12.9. The summed E-state index contributed by atoms with van der Waals surface area (Å²) in [5, 5.41) is 0.711. The number of nitrogens with one attached hydrogen (secondary N) is 2. The van der Waals surface area contributed by atoms with Gasteiger partial charge in [0.2, 0.25) is 0 Å². The number of benzene rings is 2. The van der Waals surface area contributed by atoms with Crippen molar-refractivity contribution >= 4 is 43.6 Å². The van der Waals surface area contributed by atoms with Crippen molar-refractivity contribution in [3.05, 3.63) is 60.6 Å². The topological polar surface area (TPSA) is 132 Å². The Morgan fingerprint density at radius 3 is 2.64 bits per heavy atom. The number of anilines is 2. The van der Waals surface area contributed by atoms with Crippen molar-refractivity contribution in [1.29, 1.82) is 0 Å². The maximum absolute atomic E-state index is 13.6. The molecule has 0 atom stereocenters. The van der Waals surface area contributed by atoms with Crippen LogP contribution in [0, 0.1) is 11.6 Å². The molecule has 0 amide bonds. The molecule has 0 bridgehead atoms. The van der Waals surface area contributed by atoms with Crippen molar-refractivity contribution in [3.63, 3.8) is 0 Å². The fourth-order valence-corrected chi connectivity index (χ4v) is 5.87. The van der Waals surface area contributed by atoms with Crippen LogP contribution in [0.5, 0.6) is 0 Å². The Morgan fingerprint density at radius 2 is 1.86 bits per heavy atom. The number of sulfonamides is 1. The van der Waals surface area contributed by atoms with Crippen molar-refractivity contribution in [1.82, 2.24) is 24.5 Å². The molecule has 1 saturated carbocycles. The number of nitrogen functional groups attached to an aromatic ring is 1. The normalized spacial score (nSPS) is 14.7. The van der Waals surface area contributed by atoms with Gasteiger partial charge in [-0.15, -0.1) is 0 Å². The van der Waals surface area contributed by atoms with Crippen LogP contribution in [0.4, 0.5) is 20.3 Å².